The van der Waals surface area contributed by atoms with E-state index in [4.69, 9.17) is 0 Å². The van der Waals surface area contributed by atoms with Crippen molar-refractivity contribution in [3.63, 3.8) is 0 Å². The molecule has 0 atom stereocenters. The van der Waals surface area contributed by atoms with Crippen LogP contribution >= 0.6 is 0 Å². The van der Waals surface area contributed by atoms with E-state index in [0.717, 1.165) is 34.0 Å². The van der Waals surface area contributed by atoms with Gasteiger partial charge in [0.2, 0.25) is 5.91 Å². The summed E-state index contributed by atoms with van der Waals surface area (Å²) in [5, 5.41) is 5.27. The number of anilines is 1. The van der Waals surface area contributed by atoms with Crippen molar-refractivity contribution in [3.05, 3.63) is 58.5 Å². The van der Waals surface area contributed by atoms with E-state index in [-0.39, 0.29) is 12.2 Å². The maximum Gasteiger partial charge on any atom is 0.329 e. The van der Waals surface area contributed by atoms with Crippen LogP contribution < -0.4 is 10.6 Å². The Morgan fingerprint density at radius 3 is 2.57 bits per heavy atom. The first-order valence-corrected chi connectivity index (χ1v) is 9.18. The molecular weight excluding hydrogens is 356 g/mol. The first kappa shape index (κ1) is 19.4. The number of nitrogens with zero attached hydrogens (tertiary/aromatic N) is 2. The van der Waals surface area contributed by atoms with E-state index in [9.17, 15) is 14.4 Å². The molecule has 28 heavy (non-hydrogen) atoms. The van der Waals surface area contributed by atoms with Gasteiger partial charge in [-0.2, -0.15) is 0 Å². The van der Waals surface area contributed by atoms with Crippen LogP contribution in [0.3, 0.4) is 0 Å². The zero-order chi connectivity index (χ0) is 20.4. The molecule has 2 aromatic rings. The van der Waals surface area contributed by atoms with Gasteiger partial charge in [0.25, 0.3) is 5.91 Å². The highest BCUT2D eigenvalue weighted by Crippen LogP contribution is 2.20. The van der Waals surface area contributed by atoms with Crippen molar-refractivity contribution in [2.24, 2.45) is 0 Å². The number of urea groups is 1. The van der Waals surface area contributed by atoms with Crippen molar-refractivity contribution < 1.29 is 14.4 Å². The Balaban J connectivity index is 1.74. The molecule has 0 saturated carbocycles. The van der Waals surface area contributed by atoms with Crippen LogP contribution in [-0.4, -0.2) is 33.9 Å². The predicted octanol–water partition coefficient (Wildman–Crippen LogP) is 2.96. The van der Waals surface area contributed by atoms with Gasteiger partial charge >= 0.3 is 6.03 Å². The number of carbonyl (C=O) groups is 3. The van der Waals surface area contributed by atoms with Crippen LogP contribution in [0.15, 0.2) is 36.0 Å². The van der Waals surface area contributed by atoms with Gasteiger partial charge in [-0.25, -0.2) is 9.69 Å². The average molecular weight is 380 g/mol. The second-order valence-electron chi connectivity index (χ2n) is 6.87. The molecular formula is C21H24N4O3. The van der Waals surface area contributed by atoms with Crippen molar-refractivity contribution >= 4 is 29.6 Å². The Morgan fingerprint density at radius 1 is 1.18 bits per heavy atom. The molecule has 0 aliphatic carbocycles. The molecule has 1 aromatic carbocycles. The number of aryl methyl sites for hydroxylation is 2. The average Bonchev–Trinajstić information content (AvgIpc) is 3.04. The van der Waals surface area contributed by atoms with Crippen LogP contribution in [-0.2, 0) is 16.1 Å². The summed E-state index contributed by atoms with van der Waals surface area (Å²) >= 11 is 0. The van der Waals surface area contributed by atoms with Crippen LogP contribution in [0, 0.1) is 20.8 Å². The van der Waals surface area contributed by atoms with Crippen LogP contribution in [0.25, 0.3) is 6.08 Å². The molecule has 1 aromatic heterocycles. The Morgan fingerprint density at radius 2 is 1.93 bits per heavy atom. The van der Waals surface area contributed by atoms with Crippen LogP contribution in [0.5, 0.6) is 0 Å². The minimum Gasteiger partial charge on any atom is -0.349 e. The van der Waals surface area contributed by atoms with Crippen LogP contribution in [0.2, 0.25) is 0 Å². The highest BCUT2D eigenvalue weighted by molar-refractivity contribution is 6.16. The number of rotatable bonds is 5. The van der Waals surface area contributed by atoms with E-state index in [1.807, 2.05) is 52.0 Å². The van der Waals surface area contributed by atoms with Crippen molar-refractivity contribution in [3.8, 4) is 0 Å². The van der Waals surface area contributed by atoms with Crippen molar-refractivity contribution in [2.75, 3.05) is 11.9 Å². The molecule has 2 heterocycles. The fraction of sp³-hybridized carbons (Fsp3) is 0.286. The molecule has 7 nitrogen and oxygen atoms in total. The van der Waals surface area contributed by atoms with Crippen molar-refractivity contribution in [1.29, 1.82) is 0 Å². The summed E-state index contributed by atoms with van der Waals surface area (Å²) < 4.78 is 2.13. The van der Waals surface area contributed by atoms with Gasteiger partial charge in [0.05, 0.1) is 0 Å². The van der Waals surface area contributed by atoms with E-state index in [0.29, 0.717) is 5.69 Å². The normalized spacial score (nSPS) is 15.3. The van der Waals surface area contributed by atoms with Gasteiger partial charge in [-0.1, -0.05) is 12.1 Å². The van der Waals surface area contributed by atoms with E-state index in [1.54, 1.807) is 12.1 Å². The van der Waals surface area contributed by atoms with Gasteiger partial charge in [-0.3, -0.25) is 9.59 Å². The smallest absolute Gasteiger partial charge is 0.329 e. The number of carbonyl (C=O) groups excluding carboxylic acids is 3. The predicted molar refractivity (Wildman–Crippen MR) is 108 cm³/mol. The third-order valence-corrected chi connectivity index (χ3v) is 4.79. The Hall–Kier alpha value is -3.35. The second-order valence-corrected chi connectivity index (χ2v) is 6.87. The molecule has 0 spiro atoms. The van der Waals surface area contributed by atoms with Crippen LogP contribution in [0.4, 0.5) is 10.5 Å². The number of amides is 4. The second kappa shape index (κ2) is 7.72. The summed E-state index contributed by atoms with van der Waals surface area (Å²) in [5.74, 6) is -0.940. The molecule has 1 aliphatic rings. The number of imide groups is 1. The quantitative estimate of drug-likeness (QED) is 0.618. The molecule has 0 radical (unpaired) electrons. The zero-order valence-corrected chi connectivity index (χ0v) is 16.5. The van der Waals surface area contributed by atoms with Gasteiger partial charge in [0.15, 0.2) is 0 Å². The molecule has 3 rings (SSSR count). The largest absolute Gasteiger partial charge is 0.349 e. The number of hydrogen-bond acceptors (Lipinski definition) is 3. The number of benzene rings is 1. The van der Waals surface area contributed by atoms with Crippen molar-refractivity contribution in [2.45, 2.75) is 34.2 Å². The molecule has 0 bridgehead atoms. The lowest BCUT2D eigenvalue weighted by Gasteiger charge is -2.12. The number of hydrogen-bond donors (Lipinski definition) is 2. The van der Waals surface area contributed by atoms with E-state index in [1.165, 1.54) is 0 Å². The molecule has 1 aliphatic heterocycles. The summed E-state index contributed by atoms with van der Waals surface area (Å²) in [5.41, 5.74) is 4.77. The zero-order valence-electron chi connectivity index (χ0n) is 16.5. The first-order chi connectivity index (χ1) is 13.3. The first-order valence-electron chi connectivity index (χ1n) is 9.18. The highest BCUT2D eigenvalue weighted by Gasteiger charge is 2.35. The van der Waals surface area contributed by atoms with Gasteiger partial charge in [-0.15, -0.1) is 0 Å². The Labute approximate surface area is 164 Å². The Kier molecular flexibility index (Phi) is 5.35. The lowest BCUT2D eigenvalue weighted by atomic mass is 10.2. The van der Waals surface area contributed by atoms with Crippen LogP contribution in [0.1, 0.15) is 29.4 Å². The minimum atomic E-state index is -0.597. The number of aromatic nitrogens is 1. The van der Waals surface area contributed by atoms with E-state index >= 15 is 0 Å². The molecule has 0 unspecified atom stereocenters. The van der Waals surface area contributed by atoms with Crippen molar-refractivity contribution in [1.82, 2.24) is 14.8 Å². The number of nitrogens with one attached hydrogen (secondary N) is 2. The van der Waals surface area contributed by atoms with Gasteiger partial charge in [-0.05, 0) is 63.1 Å². The minimum absolute atomic E-state index is 0.171. The fourth-order valence-corrected chi connectivity index (χ4v) is 3.40. The summed E-state index contributed by atoms with van der Waals surface area (Å²) in [7, 11) is 0. The summed E-state index contributed by atoms with van der Waals surface area (Å²) in [4.78, 5) is 38.0. The molecule has 7 heteroatoms. The molecule has 1 saturated heterocycles. The van der Waals surface area contributed by atoms with E-state index in [2.05, 4.69) is 15.2 Å². The third-order valence-electron chi connectivity index (χ3n) is 4.79. The standard InChI is InChI=1S/C21H24N4O3/c1-5-24-14(3)10-16(15(24)4)11-18-20(27)25(21(28)23-18)12-19(26)22-17-8-6-7-13(2)9-17/h6-11H,5,12H2,1-4H3,(H,22,26)(H,23,28)/b18-11-. The maximum atomic E-state index is 12.6. The lowest BCUT2D eigenvalue weighted by molar-refractivity contribution is -0.127. The third kappa shape index (κ3) is 3.83. The Bertz CT molecular complexity index is 988. The van der Waals surface area contributed by atoms with E-state index < -0.39 is 17.8 Å². The maximum absolute atomic E-state index is 12.6. The summed E-state index contributed by atoms with van der Waals surface area (Å²) in [6.07, 6.45) is 1.66. The van der Waals surface area contributed by atoms with Gasteiger partial charge < -0.3 is 15.2 Å². The summed E-state index contributed by atoms with van der Waals surface area (Å²) in [6, 6.07) is 8.69. The van der Waals surface area contributed by atoms with Gasteiger partial charge in [0, 0.05) is 23.6 Å². The topological polar surface area (TPSA) is 83.4 Å². The van der Waals surface area contributed by atoms with Gasteiger partial charge in [0.1, 0.15) is 12.2 Å². The lowest BCUT2D eigenvalue weighted by Crippen LogP contribution is -2.38. The highest BCUT2D eigenvalue weighted by atomic mass is 16.2. The molecule has 4 amide bonds. The SMILES string of the molecule is CCn1c(C)cc(/C=C2\NC(=O)N(CC(=O)Nc3cccc(C)c3)C2=O)c1C. The molecule has 2 N–H and O–H groups in total. The molecule has 146 valence electrons. The monoisotopic (exact) mass is 380 g/mol. The molecule has 1 fully saturated rings. The fourth-order valence-electron chi connectivity index (χ4n) is 3.40. The summed E-state index contributed by atoms with van der Waals surface area (Å²) in [6.45, 7) is 8.41.